The third kappa shape index (κ3) is 21.7. The molecule has 4 rings (SSSR count). The summed E-state index contributed by atoms with van der Waals surface area (Å²) in [6.45, 7) is 8.86. The van der Waals surface area contributed by atoms with Crippen molar-refractivity contribution in [2.24, 2.45) is 11.8 Å². The first kappa shape index (κ1) is 57.6. The number of phenolic OH excluding ortho intramolecular Hbond substituents is 1. The lowest BCUT2D eigenvalue weighted by Gasteiger charge is -2.28. The second-order valence-corrected chi connectivity index (χ2v) is 18.1. The third-order valence-electron chi connectivity index (χ3n) is 12.5. The lowest BCUT2D eigenvalue weighted by molar-refractivity contribution is -0.145. The summed E-state index contributed by atoms with van der Waals surface area (Å²) in [5, 5.41) is 20.8. The van der Waals surface area contributed by atoms with Crippen molar-refractivity contribution in [3.63, 3.8) is 0 Å². The van der Waals surface area contributed by atoms with Crippen LogP contribution in [0.25, 0.3) is 0 Å². The maximum Gasteiger partial charge on any atom is 0.342 e. The van der Waals surface area contributed by atoms with E-state index in [4.69, 9.17) is 33.2 Å². The molecule has 0 unspecified atom stereocenters. The molecule has 0 amide bonds. The number of phenols is 1. The minimum absolute atomic E-state index is 0.00111. The summed E-state index contributed by atoms with van der Waals surface area (Å²) in [7, 11) is 3.13. The number of ether oxygens (including phenoxy) is 7. The minimum Gasteiger partial charge on any atom is -0.507 e. The molecule has 2 N–H and O–H groups in total. The number of fused-ring (bicyclic) bond motifs is 2. The number of carbonyl (C=O) groups is 4. The lowest BCUT2D eigenvalue weighted by Crippen LogP contribution is -2.32. The topological polar surface area (TPSA) is 173 Å². The molecule has 6 atom stereocenters. The lowest BCUT2D eigenvalue weighted by atomic mass is 9.93. The molecule has 0 aliphatic carbocycles. The zero-order valence-electron chi connectivity index (χ0n) is 41.9. The Hall–Kier alpha value is -4.72. The number of rotatable bonds is 22. The summed E-state index contributed by atoms with van der Waals surface area (Å²) in [4.78, 5) is 50.4. The van der Waals surface area contributed by atoms with Crippen LogP contribution in [0.15, 0.2) is 60.7 Å². The number of aliphatic hydroxyl groups excluding tert-OH is 1. The zero-order valence-corrected chi connectivity index (χ0v) is 41.9. The third-order valence-corrected chi connectivity index (χ3v) is 12.5. The van der Waals surface area contributed by atoms with E-state index in [1.165, 1.54) is 25.3 Å². The SMILES string of the molecule is CCCCCCCC(=O)OCC[C@H]1C[C@@H](O)[C@@H](C)C/C=C/Cc2cccc(O)c2C(=O)O1.CCCCCCCC(=O)OCC[C@H]1C[C@@H](OCOC)[C@@H](C)C/C=C/Cc2cccc(OC)c2C(=O)O1. The molecule has 0 radical (unpaired) electrons. The predicted molar refractivity (Wildman–Crippen MR) is 263 cm³/mol. The standard InChI is InChI=1S/C29H44O7.C26H38O6/c1-5-6-7-8-9-17-27(30)34-19-18-24-20-26(35-21-32-3)22(2)13-10-11-14-23-15-12-16-25(33-4)28(23)29(31)36-24;1-3-4-5-6-7-15-24(29)31-17-16-21-18-23(28)19(2)11-8-9-12-20-13-10-14-22(27)25(20)26(30)32-21/h10-12,15-16,22,24,26H,5-9,13-14,17-21H2,1-4H3;8-10,13-14,19,21,23,27-28H,3-7,11-12,15-18H2,1-2H3/b11-10+;9-8+/t22-,24-,26+;19-,21-,23+/m00/s1. The molecular weight excluding hydrogens is 869 g/mol. The van der Waals surface area contributed by atoms with Gasteiger partial charge in [-0.3, -0.25) is 9.59 Å². The fourth-order valence-electron chi connectivity index (χ4n) is 8.24. The maximum absolute atomic E-state index is 13.3. The van der Waals surface area contributed by atoms with Gasteiger partial charge in [-0.1, -0.05) is 128 Å². The van der Waals surface area contributed by atoms with Crippen molar-refractivity contribution in [3.8, 4) is 11.5 Å². The number of aliphatic hydroxyl groups is 1. The van der Waals surface area contributed by atoms with E-state index in [-0.39, 0.29) is 67.6 Å². The summed E-state index contributed by atoms with van der Waals surface area (Å²) in [5.74, 6) is -0.974. The number of esters is 4. The highest BCUT2D eigenvalue weighted by Gasteiger charge is 2.29. The monoisotopic (exact) mass is 951 g/mol. The van der Waals surface area contributed by atoms with Crippen LogP contribution in [0.5, 0.6) is 11.5 Å². The van der Waals surface area contributed by atoms with Gasteiger partial charge in [-0.05, 0) is 73.6 Å². The first-order chi connectivity index (χ1) is 32.9. The Labute approximate surface area is 406 Å². The van der Waals surface area contributed by atoms with Crippen molar-refractivity contribution >= 4 is 23.9 Å². The normalized spacial score (nSPS) is 22.0. The van der Waals surface area contributed by atoms with E-state index in [0.29, 0.717) is 68.2 Å². The van der Waals surface area contributed by atoms with Crippen LogP contribution >= 0.6 is 0 Å². The number of allylic oxidation sites excluding steroid dienone is 4. The van der Waals surface area contributed by atoms with Gasteiger partial charge in [-0.15, -0.1) is 0 Å². The van der Waals surface area contributed by atoms with Crippen LogP contribution in [0, 0.1) is 11.8 Å². The van der Waals surface area contributed by atoms with Crippen LogP contribution in [0.1, 0.15) is 175 Å². The van der Waals surface area contributed by atoms with E-state index in [2.05, 4.69) is 32.9 Å². The molecular formula is C55H82O13. The van der Waals surface area contributed by atoms with Crippen molar-refractivity contribution in [1.82, 2.24) is 0 Å². The zero-order chi connectivity index (χ0) is 49.5. The maximum atomic E-state index is 13.3. The van der Waals surface area contributed by atoms with Gasteiger partial charge in [-0.2, -0.15) is 0 Å². The minimum atomic E-state index is -0.657. The number of cyclic esters (lactones) is 2. The molecule has 68 heavy (non-hydrogen) atoms. The van der Waals surface area contributed by atoms with Crippen LogP contribution < -0.4 is 4.74 Å². The molecule has 2 aliphatic heterocycles. The average Bonchev–Trinajstić information content (AvgIpc) is 3.31. The Bertz CT molecular complexity index is 1840. The van der Waals surface area contributed by atoms with Crippen LogP contribution in [0.3, 0.4) is 0 Å². The van der Waals surface area contributed by atoms with E-state index < -0.39 is 30.3 Å². The summed E-state index contributed by atoms with van der Waals surface area (Å²) >= 11 is 0. The van der Waals surface area contributed by atoms with E-state index >= 15 is 0 Å². The number of hydrogen-bond acceptors (Lipinski definition) is 13. The first-order valence-corrected chi connectivity index (χ1v) is 25.2. The van der Waals surface area contributed by atoms with Crippen molar-refractivity contribution < 1.29 is 62.5 Å². The molecule has 0 saturated carbocycles. The fourth-order valence-corrected chi connectivity index (χ4v) is 8.24. The molecule has 2 aromatic rings. The number of methoxy groups -OCH3 is 2. The Balaban J connectivity index is 0.000000363. The number of benzene rings is 2. The molecule has 0 bridgehead atoms. The second kappa shape index (κ2) is 33.7. The Morgan fingerprint density at radius 3 is 1.74 bits per heavy atom. The number of carbonyl (C=O) groups excluding carboxylic acids is 4. The molecule has 0 spiro atoms. The molecule has 13 heteroatoms. The van der Waals surface area contributed by atoms with Crippen molar-refractivity contribution in [3.05, 3.63) is 83.0 Å². The summed E-state index contributed by atoms with van der Waals surface area (Å²) in [6.07, 6.45) is 21.7. The molecule has 2 aliphatic rings. The van der Waals surface area contributed by atoms with Gasteiger partial charge in [0.25, 0.3) is 0 Å². The van der Waals surface area contributed by atoms with Gasteiger partial charge in [0, 0.05) is 45.6 Å². The van der Waals surface area contributed by atoms with E-state index in [0.717, 1.165) is 56.9 Å². The Morgan fingerprint density at radius 2 is 1.18 bits per heavy atom. The van der Waals surface area contributed by atoms with Crippen molar-refractivity contribution in [2.45, 2.75) is 181 Å². The summed E-state index contributed by atoms with van der Waals surface area (Å²) < 4.78 is 39.1. The molecule has 2 heterocycles. The summed E-state index contributed by atoms with van der Waals surface area (Å²) in [5.41, 5.74) is 2.12. The number of unbranched alkanes of at least 4 members (excludes halogenated alkanes) is 8. The van der Waals surface area contributed by atoms with Crippen LogP contribution in [0.4, 0.5) is 0 Å². The highest BCUT2D eigenvalue weighted by atomic mass is 16.7. The number of aromatic hydroxyl groups is 1. The molecule has 2 aromatic carbocycles. The van der Waals surface area contributed by atoms with Gasteiger partial charge in [0.05, 0.1) is 32.5 Å². The van der Waals surface area contributed by atoms with Gasteiger partial charge in [0.1, 0.15) is 41.6 Å². The van der Waals surface area contributed by atoms with Crippen LogP contribution in [0.2, 0.25) is 0 Å². The van der Waals surface area contributed by atoms with E-state index in [9.17, 15) is 29.4 Å². The highest BCUT2D eigenvalue weighted by molar-refractivity contribution is 5.95. The molecule has 0 saturated heterocycles. The summed E-state index contributed by atoms with van der Waals surface area (Å²) in [6, 6.07) is 10.5. The molecule has 0 fully saturated rings. The quantitative estimate of drug-likeness (QED) is 0.0376. The first-order valence-electron chi connectivity index (χ1n) is 25.2. The molecule has 380 valence electrons. The van der Waals surface area contributed by atoms with Crippen molar-refractivity contribution in [2.75, 3.05) is 34.2 Å². The van der Waals surface area contributed by atoms with E-state index in [1.54, 1.807) is 32.4 Å². The molecule has 13 nitrogen and oxygen atoms in total. The second-order valence-electron chi connectivity index (χ2n) is 18.1. The predicted octanol–water partition coefficient (Wildman–Crippen LogP) is 11.1. The van der Waals surface area contributed by atoms with Crippen LogP contribution in [-0.4, -0.2) is 92.7 Å². The van der Waals surface area contributed by atoms with Gasteiger partial charge >= 0.3 is 23.9 Å². The number of hydrogen-bond donors (Lipinski definition) is 2. The van der Waals surface area contributed by atoms with E-state index in [1.807, 2.05) is 31.2 Å². The van der Waals surface area contributed by atoms with Crippen LogP contribution in [-0.2, 0) is 50.9 Å². The largest absolute Gasteiger partial charge is 0.507 e. The van der Waals surface area contributed by atoms with Gasteiger partial charge in [0.15, 0.2) is 0 Å². The Morgan fingerprint density at radius 1 is 0.662 bits per heavy atom. The average molecular weight is 951 g/mol. The van der Waals surface area contributed by atoms with Gasteiger partial charge in [0.2, 0.25) is 0 Å². The van der Waals surface area contributed by atoms with Gasteiger partial charge < -0.3 is 43.4 Å². The highest BCUT2D eigenvalue weighted by Crippen LogP contribution is 2.29. The van der Waals surface area contributed by atoms with Gasteiger partial charge in [-0.25, -0.2) is 9.59 Å². The Kier molecular flexibility index (Phi) is 28.6. The van der Waals surface area contributed by atoms with Crippen molar-refractivity contribution in [1.29, 1.82) is 0 Å². The molecule has 0 aromatic heterocycles. The fraction of sp³-hybridized carbons (Fsp3) is 0.636. The smallest absolute Gasteiger partial charge is 0.342 e.